The van der Waals surface area contributed by atoms with E-state index in [1.165, 1.54) is 0 Å². The van der Waals surface area contributed by atoms with Crippen molar-refractivity contribution >= 4 is 34.3 Å². The molecule has 1 rings (SSSR count). The summed E-state index contributed by atoms with van der Waals surface area (Å²) in [6.45, 7) is 3.95. The van der Waals surface area contributed by atoms with Gasteiger partial charge in [0.1, 0.15) is 0 Å². The lowest BCUT2D eigenvalue weighted by Gasteiger charge is -2.16. The maximum absolute atomic E-state index is 11.7. The Balaban J connectivity index is 0.00000324. The highest BCUT2D eigenvalue weighted by Crippen LogP contribution is 2.36. The van der Waals surface area contributed by atoms with Gasteiger partial charge in [0, 0.05) is 4.47 Å². The van der Waals surface area contributed by atoms with Gasteiger partial charge in [0.15, 0.2) is 11.5 Å². The first-order valence-electron chi connectivity index (χ1n) is 5.63. The molecule has 0 saturated heterocycles. The Morgan fingerprint density at radius 3 is 2.26 bits per heavy atom. The Bertz CT molecular complexity index is 437. The lowest BCUT2D eigenvalue weighted by atomic mass is 10.0. The fraction of sp³-hybridized carbons (Fsp3) is 0.462. The van der Waals surface area contributed by atoms with Gasteiger partial charge in [-0.05, 0) is 31.5 Å². The number of carbonyl (C=O) groups excluding carboxylic acids is 1. The Hall–Kier alpha value is -0.940. The van der Waals surface area contributed by atoms with Gasteiger partial charge in [-0.15, -0.1) is 12.4 Å². The number of carbonyl (C=O) groups is 1. The Morgan fingerprint density at radius 1 is 1.26 bits per heavy atom. The van der Waals surface area contributed by atoms with Crippen LogP contribution in [0.3, 0.4) is 0 Å². The molecule has 1 aromatic carbocycles. The van der Waals surface area contributed by atoms with Crippen molar-refractivity contribution in [2.24, 2.45) is 0 Å². The average Bonchev–Trinajstić information content (AvgIpc) is 2.37. The van der Waals surface area contributed by atoms with Crippen LogP contribution in [-0.4, -0.2) is 26.8 Å². The molecule has 0 fully saturated rings. The summed E-state index contributed by atoms with van der Waals surface area (Å²) in [4.78, 5) is 11.7. The van der Waals surface area contributed by atoms with Crippen molar-refractivity contribution in [3.8, 4) is 11.5 Å². The summed E-state index contributed by atoms with van der Waals surface area (Å²) in [6, 6.07) is 3.56. The standard InChI is InChI=1S/C13H17BrO4.ClH/c1-5-18-13(15)8(2)9-6-11(16-3)12(17-4)7-10(9)14;/h6-8H,5H2,1-4H3;1H. The van der Waals surface area contributed by atoms with Crippen molar-refractivity contribution in [1.82, 2.24) is 0 Å². The van der Waals surface area contributed by atoms with Gasteiger partial charge in [-0.25, -0.2) is 0 Å². The lowest BCUT2D eigenvalue weighted by Crippen LogP contribution is -2.13. The van der Waals surface area contributed by atoms with Crippen molar-refractivity contribution in [3.05, 3.63) is 22.2 Å². The van der Waals surface area contributed by atoms with E-state index in [0.29, 0.717) is 18.1 Å². The highest BCUT2D eigenvalue weighted by atomic mass is 79.9. The number of benzene rings is 1. The molecule has 6 heteroatoms. The van der Waals surface area contributed by atoms with Gasteiger partial charge in [0.05, 0.1) is 26.7 Å². The summed E-state index contributed by atoms with van der Waals surface area (Å²) >= 11 is 3.43. The van der Waals surface area contributed by atoms with Crippen LogP contribution in [-0.2, 0) is 9.53 Å². The number of ether oxygens (including phenoxy) is 3. The second-order valence-electron chi connectivity index (χ2n) is 3.70. The molecule has 108 valence electrons. The number of methoxy groups -OCH3 is 2. The first kappa shape index (κ1) is 18.1. The summed E-state index contributed by atoms with van der Waals surface area (Å²) in [7, 11) is 3.13. The zero-order chi connectivity index (χ0) is 13.7. The third-order valence-electron chi connectivity index (χ3n) is 2.61. The van der Waals surface area contributed by atoms with Crippen molar-refractivity contribution in [2.45, 2.75) is 19.8 Å². The quantitative estimate of drug-likeness (QED) is 0.759. The van der Waals surface area contributed by atoms with Crippen LogP contribution in [0.4, 0.5) is 0 Å². The predicted molar refractivity (Wildman–Crippen MR) is 79.5 cm³/mol. The molecular weight excluding hydrogens is 335 g/mol. The molecule has 0 spiro atoms. The van der Waals surface area contributed by atoms with Gasteiger partial charge in [0.25, 0.3) is 0 Å². The minimum absolute atomic E-state index is 0. The fourth-order valence-electron chi connectivity index (χ4n) is 1.60. The number of rotatable bonds is 5. The molecule has 19 heavy (non-hydrogen) atoms. The lowest BCUT2D eigenvalue weighted by molar-refractivity contribution is -0.144. The largest absolute Gasteiger partial charge is 0.493 e. The number of hydrogen-bond acceptors (Lipinski definition) is 4. The normalized spacial score (nSPS) is 11.2. The molecule has 0 radical (unpaired) electrons. The van der Waals surface area contributed by atoms with E-state index < -0.39 is 0 Å². The smallest absolute Gasteiger partial charge is 0.313 e. The van der Waals surface area contributed by atoms with Crippen LogP contribution in [0, 0.1) is 0 Å². The molecule has 4 nitrogen and oxygen atoms in total. The molecule has 1 aromatic rings. The molecule has 0 amide bonds. The Kier molecular flexibility index (Phi) is 7.87. The van der Waals surface area contributed by atoms with E-state index in [-0.39, 0.29) is 24.3 Å². The van der Waals surface area contributed by atoms with Crippen molar-refractivity contribution in [3.63, 3.8) is 0 Å². The zero-order valence-electron chi connectivity index (χ0n) is 11.4. The molecule has 0 saturated carbocycles. The van der Waals surface area contributed by atoms with Crippen molar-refractivity contribution in [1.29, 1.82) is 0 Å². The zero-order valence-corrected chi connectivity index (χ0v) is 13.8. The van der Waals surface area contributed by atoms with Crippen LogP contribution in [0.15, 0.2) is 16.6 Å². The van der Waals surface area contributed by atoms with Crippen LogP contribution in [0.25, 0.3) is 0 Å². The van der Waals surface area contributed by atoms with Crippen molar-refractivity contribution in [2.75, 3.05) is 20.8 Å². The van der Waals surface area contributed by atoms with Gasteiger partial charge in [-0.3, -0.25) is 4.79 Å². The van der Waals surface area contributed by atoms with Crippen LogP contribution < -0.4 is 9.47 Å². The molecule has 0 aliphatic heterocycles. The molecule has 0 N–H and O–H groups in total. The van der Waals surface area contributed by atoms with Crippen molar-refractivity contribution < 1.29 is 19.0 Å². The first-order chi connectivity index (χ1) is 8.54. The van der Waals surface area contributed by atoms with Crippen LogP contribution >= 0.6 is 28.3 Å². The molecule has 1 atom stereocenters. The highest BCUT2D eigenvalue weighted by molar-refractivity contribution is 9.10. The summed E-state index contributed by atoms with van der Waals surface area (Å²) < 4.78 is 16.2. The number of halogens is 2. The molecule has 0 aliphatic rings. The Labute approximate surface area is 128 Å². The minimum atomic E-state index is -0.362. The van der Waals surface area contributed by atoms with Gasteiger partial charge in [-0.1, -0.05) is 15.9 Å². The summed E-state index contributed by atoms with van der Waals surface area (Å²) in [6.07, 6.45) is 0. The van der Waals surface area contributed by atoms with Gasteiger partial charge < -0.3 is 14.2 Å². The van der Waals surface area contributed by atoms with Crippen LogP contribution in [0.2, 0.25) is 0 Å². The maximum Gasteiger partial charge on any atom is 0.313 e. The summed E-state index contributed by atoms with van der Waals surface area (Å²) in [5.74, 6) is 0.584. The molecule has 0 aromatic heterocycles. The average molecular weight is 354 g/mol. The monoisotopic (exact) mass is 352 g/mol. The molecule has 0 heterocycles. The second kappa shape index (κ2) is 8.27. The summed E-state index contributed by atoms with van der Waals surface area (Å²) in [5, 5.41) is 0. The third kappa shape index (κ3) is 4.28. The van der Waals surface area contributed by atoms with E-state index in [1.807, 2.05) is 0 Å². The third-order valence-corrected chi connectivity index (χ3v) is 3.30. The number of esters is 1. The molecule has 1 unspecified atom stereocenters. The van der Waals surface area contributed by atoms with Gasteiger partial charge >= 0.3 is 5.97 Å². The summed E-state index contributed by atoms with van der Waals surface area (Å²) in [5.41, 5.74) is 0.811. The second-order valence-corrected chi connectivity index (χ2v) is 4.56. The van der Waals surface area contributed by atoms with E-state index in [4.69, 9.17) is 14.2 Å². The molecular formula is C13H18BrClO4. The highest BCUT2D eigenvalue weighted by Gasteiger charge is 2.21. The Morgan fingerprint density at radius 2 is 1.79 bits per heavy atom. The van der Waals surface area contributed by atoms with E-state index in [0.717, 1.165) is 10.0 Å². The fourth-order valence-corrected chi connectivity index (χ4v) is 2.26. The predicted octanol–water partition coefficient (Wildman–Crippen LogP) is 3.55. The molecule has 0 bridgehead atoms. The van der Waals surface area contributed by atoms with E-state index >= 15 is 0 Å². The first-order valence-corrected chi connectivity index (χ1v) is 6.42. The van der Waals surface area contributed by atoms with E-state index in [2.05, 4.69) is 15.9 Å². The van der Waals surface area contributed by atoms with E-state index in [9.17, 15) is 4.79 Å². The van der Waals surface area contributed by atoms with E-state index in [1.54, 1.807) is 40.2 Å². The van der Waals surface area contributed by atoms with Crippen LogP contribution in [0.5, 0.6) is 11.5 Å². The SMILES string of the molecule is CCOC(=O)C(C)c1cc(OC)c(OC)cc1Br.Cl. The molecule has 0 aliphatic carbocycles. The van der Waals surface area contributed by atoms with Gasteiger partial charge in [-0.2, -0.15) is 0 Å². The number of hydrogen-bond donors (Lipinski definition) is 0. The topological polar surface area (TPSA) is 44.8 Å². The van der Waals surface area contributed by atoms with Crippen LogP contribution in [0.1, 0.15) is 25.3 Å². The maximum atomic E-state index is 11.7. The van der Waals surface area contributed by atoms with Gasteiger partial charge in [0.2, 0.25) is 0 Å². The minimum Gasteiger partial charge on any atom is -0.493 e.